The van der Waals surface area contributed by atoms with Crippen LogP contribution >= 0.6 is 15.9 Å². The van der Waals surface area contributed by atoms with E-state index in [2.05, 4.69) is 26.6 Å². The second-order valence-electron chi connectivity index (χ2n) is 4.43. The zero-order chi connectivity index (χ0) is 15.7. The van der Waals surface area contributed by atoms with Gasteiger partial charge in [0.1, 0.15) is 0 Å². The molecule has 0 radical (unpaired) electrons. The van der Waals surface area contributed by atoms with E-state index in [9.17, 15) is 9.59 Å². The highest BCUT2D eigenvalue weighted by atomic mass is 79.9. The number of rotatable bonds is 8. The highest BCUT2D eigenvalue weighted by molar-refractivity contribution is 9.10. The van der Waals surface area contributed by atoms with Gasteiger partial charge in [0.05, 0.1) is 11.3 Å². The van der Waals surface area contributed by atoms with Gasteiger partial charge in [0, 0.05) is 24.7 Å². The Labute approximate surface area is 132 Å². The molecule has 0 atom stereocenters. The summed E-state index contributed by atoms with van der Waals surface area (Å²) in [7, 11) is 1.66. The zero-order valence-corrected chi connectivity index (χ0v) is 13.4. The summed E-state index contributed by atoms with van der Waals surface area (Å²) in [5.41, 5.74) is 0.308. The SMILES string of the molecule is COCCCCCNC(=O)Nc1ccc(Br)cc1C(=O)O. The fraction of sp³-hybridized carbons (Fsp3) is 0.429. The molecule has 0 unspecified atom stereocenters. The molecular weight excluding hydrogens is 340 g/mol. The third-order valence-corrected chi connectivity index (χ3v) is 3.26. The topological polar surface area (TPSA) is 87.7 Å². The minimum absolute atomic E-state index is 0.0413. The van der Waals surface area contributed by atoms with Crippen LogP contribution < -0.4 is 10.6 Å². The first-order chi connectivity index (χ1) is 10.0. The maximum atomic E-state index is 11.7. The molecular formula is C14H19BrN2O4. The highest BCUT2D eigenvalue weighted by Crippen LogP contribution is 2.21. The lowest BCUT2D eigenvalue weighted by atomic mass is 10.2. The number of carboxylic acids is 1. The molecule has 0 fully saturated rings. The van der Waals surface area contributed by atoms with E-state index in [0.717, 1.165) is 19.3 Å². The van der Waals surface area contributed by atoms with Crippen LogP contribution in [0.3, 0.4) is 0 Å². The van der Waals surface area contributed by atoms with Gasteiger partial charge < -0.3 is 20.5 Å². The van der Waals surface area contributed by atoms with E-state index in [1.54, 1.807) is 19.2 Å². The quantitative estimate of drug-likeness (QED) is 0.623. The Hall–Kier alpha value is -1.60. The van der Waals surface area contributed by atoms with Crippen molar-refractivity contribution in [2.75, 3.05) is 25.6 Å². The molecule has 0 aromatic heterocycles. The Balaban J connectivity index is 2.43. The lowest BCUT2D eigenvalue weighted by Crippen LogP contribution is -2.30. The first-order valence-electron chi connectivity index (χ1n) is 6.61. The molecule has 7 heteroatoms. The average molecular weight is 359 g/mol. The third-order valence-electron chi connectivity index (χ3n) is 2.77. The third kappa shape index (κ3) is 6.59. The van der Waals surface area contributed by atoms with Crippen LogP contribution in [-0.4, -0.2) is 37.4 Å². The molecule has 116 valence electrons. The normalized spacial score (nSPS) is 10.2. The molecule has 0 spiro atoms. The van der Waals surface area contributed by atoms with E-state index in [4.69, 9.17) is 9.84 Å². The molecule has 0 heterocycles. The van der Waals surface area contributed by atoms with Crippen LogP contribution in [0.1, 0.15) is 29.6 Å². The predicted octanol–water partition coefficient (Wildman–Crippen LogP) is 3.09. The maximum absolute atomic E-state index is 11.7. The summed E-state index contributed by atoms with van der Waals surface area (Å²) in [6, 6.07) is 4.26. The molecule has 6 nitrogen and oxygen atoms in total. The van der Waals surface area contributed by atoms with Crippen molar-refractivity contribution in [3.63, 3.8) is 0 Å². The Morgan fingerprint density at radius 1 is 1.29 bits per heavy atom. The second-order valence-corrected chi connectivity index (χ2v) is 5.35. The van der Waals surface area contributed by atoms with Crippen LogP contribution in [0.2, 0.25) is 0 Å². The molecule has 0 saturated carbocycles. The Morgan fingerprint density at radius 3 is 2.71 bits per heavy atom. The summed E-state index contributed by atoms with van der Waals surface area (Å²) < 4.78 is 5.58. The maximum Gasteiger partial charge on any atom is 0.337 e. The van der Waals surface area contributed by atoms with Gasteiger partial charge in [0.2, 0.25) is 0 Å². The minimum atomic E-state index is -1.09. The molecule has 0 aliphatic carbocycles. The van der Waals surface area contributed by atoms with Crippen molar-refractivity contribution >= 4 is 33.6 Å². The molecule has 1 rings (SSSR count). The smallest absolute Gasteiger partial charge is 0.337 e. The van der Waals surface area contributed by atoms with Gasteiger partial charge in [-0.15, -0.1) is 0 Å². The number of carbonyl (C=O) groups is 2. The number of urea groups is 1. The van der Waals surface area contributed by atoms with Crippen molar-refractivity contribution in [2.45, 2.75) is 19.3 Å². The molecule has 0 bridgehead atoms. The van der Waals surface area contributed by atoms with Gasteiger partial charge in [0.25, 0.3) is 0 Å². The van der Waals surface area contributed by atoms with Gasteiger partial charge in [-0.2, -0.15) is 0 Å². The number of ether oxygens (including phenoxy) is 1. The monoisotopic (exact) mass is 358 g/mol. The van der Waals surface area contributed by atoms with E-state index in [1.165, 1.54) is 6.07 Å². The van der Waals surface area contributed by atoms with Crippen molar-refractivity contribution in [1.29, 1.82) is 0 Å². The molecule has 0 aliphatic rings. The number of anilines is 1. The molecule has 0 saturated heterocycles. The zero-order valence-electron chi connectivity index (χ0n) is 11.8. The van der Waals surface area contributed by atoms with E-state index in [1.807, 2.05) is 0 Å². The molecule has 1 aromatic carbocycles. The van der Waals surface area contributed by atoms with Crippen LogP contribution in [0.25, 0.3) is 0 Å². The largest absolute Gasteiger partial charge is 0.478 e. The van der Waals surface area contributed by atoms with Crippen molar-refractivity contribution in [3.05, 3.63) is 28.2 Å². The van der Waals surface area contributed by atoms with Crippen molar-refractivity contribution < 1.29 is 19.4 Å². The molecule has 2 amide bonds. The lowest BCUT2D eigenvalue weighted by Gasteiger charge is -2.10. The number of hydrogen-bond acceptors (Lipinski definition) is 3. The Morgan fingerprint density at radius 2 is 2.05 bits per heavy atom. The Bertz CT molecular complexity index is 494. The molecule has 21 heavy (non-hydrogen) atoms. The van der Waals surface area contributed by atoms with Gasteiger partial charge in [-0.1, -0.05) is 15.9 Å². The average Bonchev–Trinajstić information content (AvgIpc) is 2.44. The summed E-state index contributed by atoms with van der Waals surface area (Å²) >= 11 is 3.20. The fourth-order valence-corrected chi connectivity index (χ4v) is 2.08. The molecule has 1 aromatic rings. The van der Waals surface area contributed by atoms with Crippen LogP contribution in [0, 0.1) is 0 Å². The van der Waals surface area contributed by atoms with Gasteiger partial charge in [-0.25, -0.2) is 9.59 Å². The van der Waals surface area contributed by atoms with Crippen LogP contribution in [0.4, 0.5) is 10.5 Å². The summed E-state index contributed by atoms with van der Waals surface area (Å²) in [6.07, 6.45) is 2.77. The minimum Gasteiger partial charge on any atom is -0.478 e. The number of benzene rings is 1. The summed E-state index contributed by atoms with van der Waals surface area (Å²) in [5.74, 6) is -1.09. The number of methoxy groups -OCH3 is 1. The summed E-state index contributed by atoms with van der Waals surface area (Å²) in [6.45, 7) is 1.25. The second kappa shape index (κ2) is 9.36. The van der Waals surface area contributed by atoms with Crippen LogP contribution in [0.5, 0.6) is 0 Å². The van der Waals surface area contributed by atoms with Crippen molar-refractivity contribution in [1.82, 2.24) is 5.32 Å². The molecule has 3 N–H and O–H groups in total. The van der Waals surface area contributed by atoms with Gasteiger partial charge >= 0.3 is 12.0 Å². The van der Waals surface area contributed by atoms with Gasteiger partial charge in [0.15, 0.2) is 0 Å². The number of aromatic carboxylic acids is 1. The summed E-state index contributed by atoms with van der Waals surface area (Å²) in [4.78, 5) is 22.8. The van der Waals surface area contributed by atoms with E-state index in [0.29, 0.717) is 17.6 Å². The first-order valence-corrected chi connectivity index (χ1v) is 7.40. The number of amides is 2. The highest BCUT2D eigenvalue weighted by Gasteiger charge is 2.12. The van der Waals surface area contributed by atoms with E-state index in [-0.39, 0.29) is 11.3 Å². The van der Waals surface area contributed by atoms with E-state index >= 15 is 0 Å². The van der Waals surface area contributed by atoms with Crippen LogP contribution in [0.15, 0.2) is 22.7 Å². The van der Waals surface area contributed by atoms with Gasteiger partial charge in [-0.3, -0.25) is 0 Å². The number of halogens is 1. The Kier molecular flexibility index (Phi) is 7.78. The first kappa shape index (κ1) is 17.5. The van der Waals surface area contributed by atoms with Gasteiger partial charge in [-0.05, 0) is 37.5 Å². The fourth-order valence-electron chi connectivity index (χ4n) is 1.72. The van der Waals surface area contributed by atoms with E-state index < -0.39 is 12.0 Å². The number of carboxylic acid groups (broad SMARTS) is 1. The van der Waals surface area contributed by atoms with Crippen LogP contribution in [-0.2, 0) is 4.74 Å². The van der Waals surface area contributed by atoms with Crippen molar-refractivity contribution in [3.8, 4) is 0 Å². The number of nitrogens with one attached hydrogen (secondary N) is 2. The molecule has 0 aliphatic heterocycles. The standard InChI is InChI=1S/C14H19BrN2O4/c1-21-8-4-2-3-7-16-14(20)17-12-6-5-10(15)9-11(12)13(18)19/h5-6,9H,2-4,7-8H2,1H3,(H,18,19)(H2,16,17,20). The number of hydrogen-bond donors (Lipinski definition) is 3. The predicted molar refractivity (Wildman–Crippen MR) is 83.8 cm³/mol. The summed E-state index contributed by atoms with van der Waals surface area (Å²) in [5, 5.41) is 14.3. The lowest BCUT2D eigenvalue weighted by molar-refractivity contribution is 0.0698. The number of carbonyl (C=O) groups excluding carboxylic acids is 1. The van der Waals surface area contributed by atoms with Crippen molar-refractivity contribution in [2.24, 2.45) is 0 Å². The number of unbranched alkanes of at least 4 members (excludes halogenated alkanes) is 2.